The van der Waals surface area contributed by atoms with Gasteiger partial charge in [0, 0.05) is 17.8 Å². The van der Waals surface area contributed by atoms with Crippen molar-refractivity contribution in [2.45, 2.75) is 0 Å². The molecule has 2 N–H and O–H groups in total. The first-order valence-corrected chi connectivity index (χ1v) is 5.84. The summed E-state index contributed by atoms with van der Waals surface area (Å²) in [5, 5.41) is 11.5. The van der Waals surface area contributed by atoms with E-state index in [2.05, 4.69) is 10.1 Å². The van der Waals surface area contributed by atoms with Gasteiger partial charge in [-0.1, -0.05) is 11.6 Å². The van der Waals surface area contributed by atoms with E-state index >= 15 is 0 Å². The molecule has 0 heterocycles. The van der Waals surface area contributed by atoms with Crippen LogP contribution in [0.15, 0.2) is 18.2 Å². The van der Waals surface area contributed by atoms with Gasteiger partial charge in [0.05, 0.1) is 12.7 Å². The Morgan fingerprint density at radius 1 is 1.35 bits per heavy atom. The molecule has 0 radical (unpaired) electrons. The normalized spacial score (nSPS) is 9.75. The second kappa shape index (κ2) is 6.76. The van der Waals surface area contributed by atoms with E-state index in [1.807, 2.05) is 0 Å². The number of likely N-dealkylation sites (N-methyl/N-ethyl adjacent to an activating group) is 1. The summed E-state index contributed by atoms with van der Waals surface area (Å²) < 4.78 is 4.43. The molecular formula is C12H13ClN2O5. The lowest BCUT2D eigenvalue weighted by atomic mass is 10.2. The lowest BCUT2D eigenvalue weighted by Crippen LogP contribution is -2.36. The molecule has 0 fully saturated rings. The molecule has 8 heteroatoms. The summed E-state index contributed by atoms with van der Waals surface area (Å²) >= 11 is 5.76. The zero-order valence-corrected chi connectivity index (χ0v) is 11.6. The number of anilines is 1. The third-order valence-corrected chi connectivity index (χ3v) is 2.55. The van der Waals surface area contributed by atoms with Crippen molar-refractivity contribution in [2.75, 3.05) is 26.0 Å². The number of ether oxygens (including phenoxy) is 1. The summed E-state index contributed by atoms with van der Waals surface area (Å²) in [5.41, 5.74) is 0.167. The molecule has 0 aliphatic carbocycles. The van der Waals surface area contributed by atoms with E-state index in [4.69, 9.17) is 16.7 Å². The van der Waals surface area contributed by atoms with Gasteiger partial charge >= 0.3 is 18.0 Å². The van der Waals surface area contributed by atoms with Crippen LogP contribution in [0.1, 0.15) is 10.4 Å². The fraction of sp³-hybridized carbons (Fsp3) is 0.250. The summed E-state index contributed by atoms with van der Waals surface area (Å²) in [6.07, 6.45) is 0. The molecule has 0 saturated carbocycles. The van der Waals surface area contributed by atoms with Crippen molar-refractivity contribution in [1.29, 1.82) is 0 Å². The van der Waals surface area contributed by atoms with Crippen LogP contribution < -0.4 is 5.32 Å². The van der Waals surface area contributed by atoms with Crippen molar-refractivity contribution in [3.05, 3.63) is 28.8 Å². The largest absolute Gasteiger partial charge is 0.478 e. The van der Waals surface area contributed by atoms with Crippen LogP contribution in [-0.4, -0.2) is 48.7 Å². The number of methoxy groups -OCH3 is 1. The molecule has 108 valence electrons. The van der Waals surface area contributed by atoms with Crippen LogP contribution in [0.2, 0.25) is 5.02 Å². The number of hydrogen-bond donors (Lipinski definition) is 2. The Balaban J connectivity index is 2.80. The van der Waals surface area contributed by atoms with E-state index in [1.165, 1.54) is 32.4 Å². The average molecular weight is 301 g/mol. The van der Waals surface area contributed by atoms with Crippen molar-refractivity contribution >= 4 is 35.3 Å². The van der Waals surface area contributed by atoms with Crippen molar-refractivity contribution in [3.8, 4) is 0 Å². The van der Waals surface area contributed by atoms with Gasteiger partial charge in [0.1, 0.15) is 6.54 Å². The minimum absolute atomic E-state index is 0.0524. The van der Waals surface area contributed by atoms with Gasteiger partial charge in [-0.05, 0) is 18.2 Å². The van der Waals surface area contributed by atoms with Crippen molar-refractivity contribution in [3.63, 3.8) is 0 Å². The van der Waals surface area contributed by atoms with Crippen LogP contribution in [0, 0.1) is 0 Å². The maximum atomic E-state index is 11.8. The summed E-state index contributed by atoms with van der Waals surface area (Å²) in [5.74, 6) is -1.73. The van der Waals surface area contributed by atoms with Crippen molar-refractivity contribution < 1.29 is 24.2 Å². The fourth-order valence-corrected chi connectivity index (χ4v) is 1.57. The maximum Gasteiger partial charge on any atom is 0.335 e. The molecule has 1 aromatic carbocycles. The standard InChI is InChI=1S/C12H13ClN2O5/c1-15(6-10(16)20-2)12(19)14-9-4-7(11(17)18)3-8(13)5-9/h3-5H,6H2,1-2H3,(H,14,19)(H,17,18). The highest BCUT2D eigenvalue weighted by atomic mass is 35.5. The lowest BCUT2D eigenvalue weighted by Gasteiger charge is -2.16. The van der Waals surface area contributed by atoms with Crippen molar-refractivity contribution in [1.82, 2.24) is 4.90 Å². The second-order valence-electron chi connectivity index (χ2n) is 3.90. The van der Waals surface area contributed by atoms with Crippen molar-refractivity contribution in [2.24, 2.45) is 0 Å². The van der Waals surface area contributed by atoms with Gasteiger partial charge in [0.15, 0.2) is 0 Å². The van der Waals surface area contributed by atoms with Gasteiger partial charge in [-0.15, -0.1) is 0 Å². The minimum atomic E-state index is -1.16. The van der Waals surface area contributed by atoms with Gasteiger partial charge in [-0.2, -0.15) is 0 Å². The van der Waals surface area contributed by atoms with Crippen LogP contribution in [-0.2, 0) is 9.53 Å². The average Bonchev–Trinajstić information content (AvgIpc) is 2.37. The number of carboxylic acid groups (broad SMARTS) is 1. The molecule has 0 spiro atoms. The van der Waals surface area contributed by atoms with Crippen LogP contribution in [0.3, 0.4) is 0 Å². The number of nitrogens with one attached hydrogen (secondary N) is 1. The zero-order chi connectivity index (χ0) is 15.3. The Bertz CT molecular complexity index is 547. The van der Waals surface area contributed by atoms with E-state index in [9.17, 15) is 14.4 Å². The number of carbonyl (C=O) groups is 3. The number of esters is 1. The molecule has 0 atom stereocenters. The number of carboxylic acids is 1. The van der Waals surface area contributed by atoms with Crippen LogP contribution in [0.25, 0.3) is 0 Å². The first kappa shape index (κ1) is 15.8. The van der Waals surface area contributed by atoms with E-state index < -0.39 is 18.0 Å². The number of amides is 2. The summed E-state index contributed by atoms with van der Waals surface area (Å²) in [6, 6.07) is 3.34. The molecule has 0 bridgehead atoms. The third kappa shape index (κ3) is 4.43. The Kier molecular flexibility index (Phi) is 5.33. The predicted octanol–water partition coefficient (Wildman–Crippen LogP) is 1.67. The molecule has 1 rings (SSSR count). The third-order valence-electron chi connectivity index (χ3n) is 2.34. The monoisotopic (exact) mass is 300 g/mol. The SMILES string of the molecule is COC(=O)CN(C)C(=O)Nc1cc(Cl)cc(C(=O)O)c1. The lowest BCUT2D eigenvalue weighted by molar-refractivity contribution is -0.140. The van der Waals surface area contributed by atoms with E-state index in [0.29, 0.717) is 0 Å². The Morgan fingerprint density at radius 3 is 2.55 bits per heavy atom. The number of halogens is 1. The van der Waals surface area contributed by atoms with Gasteiger partial charge in [-0.25, -0.2) is 9.59 Å². The van der Waals surface area contributed by atoms with Crippen LogP contribution >= 0.6 is 11.6 Å². The smallest absolute Gasteiger partial charge is 0.335 e. The highest BCUT2D eigenvalue weighted by molar-refractivity contribution is 6.31. The Morgan fingerprint density at radius 2 is 2.00 bits per heavy atom. The fourth-order valence-electron chi connectivity index (χ4n) is 1.33. The molecular weight excluding hydrogens is 288 g/mol. The van der Waals surface area contributed by atoms with Crippen LogP contribution in [0.4, 0.5) is 10.5 Å². The highest BCUT2D eigenvalue weighted by Crippen LogP contribution is 2.19. The number of carbonyl (C=O) groups excluding carboxylic acids is 2. The zero-order valence-electron chi connectivity index (χ0n) is 10.8. The maximum absolute atomic E-state index is 11.8. The van der Waals surface area contributed by atoms with Gasteiger partial charge in [-0.3, -0.25) is 4.79 Å². The van der Waals surface area contributed by atoms with Gasteiger partial charge < -0.3 is 20.1 Å². The first-order chi connectivity index (χ1) is 9.33. The summed E-state index contributed by atoms with van der Waals surface area (Å²) in [6.45, 7) is -0.227. The molecule has 20 heavy (non-hydrogen) atoms. The number of benzene rings is 1. The van der Waals surface area contributed by atoms with Crippen LogP contribution in [0.5, 0.6) is 0 Å². The Labute approximate surface area is 120 Å². The number of nitrogens with zero attached hydrogens (tertiary/aromatic N) is 1. The molecule has 0 unspecified atom stereocenters. The highest BCUT2D eigenvalue weighted by Gasteiger charge is 2.14. The van der Waals surface area contributed by atoms with E-state index in [-0.39, 0.29) is 22.8 Å². The second-order valence-corrected chi connectivity index (χ2v) is 4.33. The quantitative estimate of drug-likeness (QED) is 0.825. The molecule has 0 saturated heterocycles. The topological polar surface area (TPSA) is 95.9 Å². The van der Waals surface area contributed by atoms with Gasteiger partial charge in [0.25, 0.3) is 0 Å². The Hall–Kier alpha value is -2.28. The van der Waals surface area contributed by atoms with E-state index in [1.54, 1.807) is 0 Å². The minimum Gasteiger partial charge on any atom is -0.478 e. The number of urea groups is 1. The molecule has 1 aromatic rings. The summed E-state index contributed by atoms with van der Waals surface area (Å²) in [7, 11) is 2.61. The molecule has 0 aliphatic heterocycles. The summed E-state index contributed by atoms with van der Waals surface area (Å²) in [4.78, 5) is 34.8. The van der Waals surface area contributed by atoms with Gasteiger partial charge in [0.2, 0.25) is 0 Å². The van der Waals surface area contributed by atoms with E-state index in [0.717, 1.165) is 4.90 Å². The number of aromatic carboxylic acids is 1. The predicted molar refractivity (Wildman–Crippen MR) is 72.1 cm³/mol. The number of hydrogen-bond acceptors (Lipinski definition) is 4. The molecule has 0 aromatic heterocycles. The molecule has 7 nitrogen and oxygen atoms in total. The first-order valence-electron chi connectivity index (χ1n) is 5.46. The number of rotatable bonds is 4. The molecule has 2 amide bonds. The molecule has 0 aliphatic rings.